The normalized spacial score (nSPS) is 24.2. The number of nitrogens with zero attached hydrogens (tertiary/aromatic N) is 3. The first kappa shape index (κ1) is 11.3. The van der Waals surface area contributed by atoms with Crippen molar-refractivity contribution in [3.05, 3.63) is 0 Å². The van der Waals surface area contributed by atoms with Gasteiger partial charge in [-0.05, 0) is 32.6 Å². The second-order valence-corrected chi connectivity index (χ2v) is 5.14. The van der Waals surface area contributed by atoms with Crippen molar-refractivity contribution in [1.82, 2.24) is 9.80 Å². The molecular formula is C12H19N3O. The van der Waals surface area contributed by atoms with E-state index in [9.17, 15) is 4.79 Å². The van der Waals surface area contributed by atoms with Crippen LogP contribution in [0.4, 0.5) is 4.79 Å². The molecule has 0 aromatic carbocycles. The molecule has 0 bridgehead atoms. The van der Waals surface area contributed by atoms with Gasteiger partial charge in [-0.1, -0.05) is 0 Å². The van der Waals surface area contributed by atoms with Crippen LogP contribution in [0.3, 0.4) is 0 Å². The Hall–Kier alpha value is -1.24. The van der Waals surface area contributed by atoms with Crippen LogP contribution >= 0.6 is 0 Å². The van der Waals surface area contributed by atoms with E-state index >= 15 is 0 Å². The van der Waals surface area contributed by atoms with Crippen molar-refractivity contribution in [2.45, 2.75) is 32.6 Å². The predicted octanol–water partition coefficient (Wildman–Crippen LogP) is 1.83. The number of nitriles is 1. The Morgan fingerprint density at radius 3 is 2.12 bits per heavy atom. The Balaban J connectivity index is 1.89. The zero-order valence-corrected chi connectivity index (χ0v) is 9.91. The Morgan fingerprint density at radius 1 is 1.12 bits per heavy atom. The van der Waals surface area contributed by atoms with Crippen molar-refractivity contribution < 1.29 is 4.79 Å². The van der Waals surface area contributed by atoms with Gasteiger partial charge in [0, 0.05) is 26.2 Å². The van der Waals surface area contributed by atoms with Crippen LogP contribution in [-0.4, -0.2) is 42.0 Å². The van der Waals surface area contributed by atoms with Crippen molar-refractivity contribution in [3.8, 4) is 6.07 Å². The predicted molar refractivity (Wildman–Crippen MR) is 60.7 cm³/mol. The molecule has 4 heteroatoms. The number of urea groups is 1. The molecule has 0 aromatic heterocycles. The fraction of sp³-hybridized carbons (Fsp3) is 0.833. The zero-order valence-electron chi connectivity index (χ0n) is 9.91. The number of likely N-dealkylation sites (tertiary alicyclic amines) is 2. The minimum atomic E-state index is -0.220. The van der Waals surface area contributed by atoms with E-state index in [4.69, 9.17) is 5.26 Å². The van der Waals surface area contributed by atoms with Gasteiger partial charge >= 0.3 is 6.03 Å². The van der Waals surface area contributed by atoms with Crippen LogP contribution in [0.1, 0.15) is 32.6 Å². The van der Waals surface area contributed by atoms with E-state index in [0.29, 0.717) is 0 Å². The summed E-state index contributed by atoms with van der Waals surface area (Å²) in [5.41, 5.74) is -0.220. The lowest BCUT2D eigenvalue weighted by atomic mass is 9.82. The summed E-state index contributed by atoms with van der Waals surface area (Å²) in [5, 5.41) is 9.02. The number of hydrogen-bond acceptors (Lipinski definition) is 2. The molecule has 0 aromatic rings. The molecule has 0 unspecified atom stereocenters. The van der Waals surface area contributed by atoms with Gasteiger partial charge in [0.2, 0.25) is 0 Å². The molecule has 2 rings (SSSR count). The molecule has 0 atom stereocenters. The van der Waals surface area contributed by atoms with Gasteiger partial charge in [0.15, 0.2) is 0 Å². The van der Waals surface area contributed by atoms with Crippen LogP contribution in [-0.2, 0) is 0 Å². The fourth-order valence-corrected chi connectivity index (χ4v) is 2.41. The molecule has 0 saturated carbocycles. The van der Waals surface area contributed by atoms with Crippen LogP contribution in [0, 0.1) is 16.7 Å². The largest absolute Gasteiger partial charge is 0.325 e. The van der Waals surface area contributed by atoms with E-state index < -0.39 is 0 Å². The molecule has 0 N–H and O–H groups in total. The van der Waals surface area contributed by atoms with Crippen LogP contribution in [0.5, 0.6) is 0 Å². The molecule has 16 heavy (non-hydrogen) atoms. The first-order valence-electron chi connectivity index (χ1n) is 6.10. The highest BCUT2D eigenvalue weighted by molar-refractivity contribution is 5.74. The van der Waals surface area contributed by atoms with E-state index in [0.717, 1.165) is 51.9 Å². The van der Waals surface area contributed by atoms with Gasteiger partial charge < -0.3 is 9.80 Å². The first-order chi connectivity index (χ1) is 7.64. The van der Waals surface area contributed by atoms with E-state index in [-0.39, 0.29) is 11.4 Å². The SMILES string of the molecule is CC1(C#N)CCN(C(=O)N2CCCC2)CC1. The van der Waals surface area contributed by atoms with Gasteiger partial charge in [-0.3, -0.25) is 0 Å². The van der Waals surface area contributed by atoms with E-state index in [1.807, 2.05) is 16.7 Å². The van der Waals surface area contributed by atoms with Crippen molar-refractivity contribution >= 4 is 6.03 Å². The summed E-state index contributed by atoms with van der Waals surface area (Å²) < 4.78 is 0. The molecule has 0 aliphatic carbocycles. The van der Waals surface area contributed by atoms with Crippen LogP contribution in [0.2, 0.25) is 0 Å². The molecule has 88 valence electrons. The summed E-state index contributed by atoms with van der Waals surface area (Å²) >= 11 is 0. The molecule has 2 fully saturated rings. The van der Waals surface area contributed by atoms with Crippen molar-refractivity contribution in [2.24, 2.45) is 5.41 Å². The van der Waals surface area contributed by atoms with Gasteiger partial charge in [0.25, 0.3) is 0 Å². The Labute approximate surface area is 96.8 Å². The maximum absolute atomic E-state index is 12.1. The minimum absolute atomic E-state index is 0.178. The average molecular weight is 221 g/mol. The van der Waals surface area contributed by atoms with E-state index in [1.54, 1.807) is 0 Å². The van der Waals surface area contributed by atoms with Gasteiger partial charge in [0.1, 0.15) is 0 Å². The van der Waals surface area contributed by atoms with Gasteiger partial charge in [-0.25, -0.2) is 4.79 Å². The van der Waals surface area contributed by atoms with Crippen LogP contribution < -0.4 is 0 Å². The number of amides is 2. The number of piperidine rings is 1. The molecule has 2 heterocycles. The smallest absolute Gasteiger partial charge is 0.319 e. The van der Waals surface area contributed by atoms with Gasteiger partial charge in [0.05, 0.1) is 11.5 Å². The highest BCUT2D eigenvalue weighted by Gasteiger charge is 2.33. The quantitative estimate of drug-likeness (QED) is 0.626. The summed E-state index contributed by atoms with van der Waals surface area (Å²) in [6, 6.07) is 2.54. The molecule has 0 radical (unpaired) electrons. The van der Waals surface area contributed by atoms with Gasteiger partial charge in [-0.2, -0.15) is 5.26 Å². The fourth-order valence-electron chi connectivity index (χ4n) is 2.41. The summed E-state index contributed by atoms with van der Waals surface area (Å²) in [7, 11) is 0. The summed E-state index contributed by atoms with van der Waals surface area (Å²) in [6.07, 6.45) is 3.89. The Bertz CT molecular complexity index is 307. The van der Waals surface area contributed by atoms with Crippen LogP contribution in [0.25, 0.3) is 0 Å². The lowest BCUT2D eigenvalue weighted by molar-refractivity contribution is 0.129. The number of hydrogen-bond donors (Lipinski definition) is 0. The molecule has 2 amide bonds. The number of carbonyl (C=O) groups excluding carboxylic acids is 1. The second kappa shape index (κ2) is 4.32. The maximum Gasteiger partial charge on any atom is 0.319 e. The maximum atomic E-state index is 12.1. The lowest BCUT2D eigenvalue weighted by Crippen LogP contribution is -2.47. The molecular weight excluding hydrogens is 202 g/mol. The highest BCUT2D eigenvalue weighted by atomic mass is 16.2. The molecule has 4 nitrogen and oxygen atoms in total. The summed E-state index contributed by atoms with van der Waals surface area (Å²) in [6.45, 7) is 5.28. The lowest BCUT2D eigenvalue weighted by Gasteiger charge is -2.36. The van der Waals surface area contributed by atoms with Gasteiger partial charge in [-0.15, -0.1) is 0 Å². The van der Waals surface area contributed by atoms with E-state index in [2.05, 4.69) is 6.07 Å². The first-order valence-corrected chi connectivity index (χ1v) is 6.10. The summed E-state index contributed by atoms with van der Waals surface area (Å²) in [5.74, 6) is 0. The number of rotatable bonds is 0. The third-order valence-electron chi connectivity index (χ3n) is 3.78. The minimum Gasteiger partial charge on any atom is -0.325 e. The monoisotopic (exact) mass is 221 g/mol. The summed E-state index contributed by atoms with van der Waals surface area (Å²) in [4.78, 5) is 15.9. The second-order valence-electron chi connectivity index (χ2n) is 5.14. The Kier molecular flexibility index (Phi) is 3.04. The molecule has 2 aliphatic heterocycles. The van der Waals surface area contributed by atoms with Crippen LogP contribution in [0.15, 0.2) is 0 Å². The Morgan fingerprint density at radius 2 is 1.62 bits per heavy atom. The molecule has 0 spiro atoms. The van der Waals surface area contributed by atoms with E-state index in [1.165, 1.54) is 0 Å². The highest BCUT2D eigenvalue weighted by Crippen LogP contribution is 2.30. The average Bonchev–Trinajstić information content (AvgIpc) is 2.83. The zero-order chi connectivity index (χ0) is 11.6. The number of carbonyl (C=O) groups is 1. The third-order valence-corrected chi connectivity index (χ3v) is 3.78. The standard InChI is InChI=1S/C12H19N3O/c1-12(10-13)4-8-15(9-5-12)11(16)14-6-2-3-7-14/h2-9H2,1H3. The van der Waals surface area contributed by atoms with Crippen molar-refractivity contribution in [1.29, 1.82) is 5.26 Å². The molecule has 2 saturated heterocycles. The molecule has 2 aliphatic rings. The van der Waals surface area contributed by atoms with Crippen molar-refractivity contribution in [2.75, 3.05) is 26.2 Å². The third kappa shape index (κ3) is 2.13. The topological polar surface area (TPSA) is 47.3 Å². The van der Waals surface area contributed by atoms with Crippen molar-refractivity contribution in [3.63, 3.8) is 0 Å².